The molecule has 0 aliphatic carbocycles. The third kappa shape index (κ3) is 2.66. The van der Waals surface area contributed by atoms with Crippen LogP contribution in [0, 0.1) is 0 Å². The van der Waals surface area contributed by atoms with E-state index in [1.165, 1.54) is 0 Å². The van der Waals surface area contributed by atoms with E-state index in [-0.39, 0.29) is 6.10 Å². The van der Waals surface area contributed by atoms with E-state index in [1.807, 2.05) is 24.3 Å². The number of halogens is 1. The maximum atomic E-state index is 5.79. The van der Waals surface area contributed by atoms with Gasteiger partial charge in [0.1, 0.15) is 6.61 Å². The summed E-state index contributed by atoms with van der Waals surface area (Å²) in [5, 5.41) is 7.97. The number of alkyl halides is 1. The van der Waals surface area contributed by atoms with Gasteiger partial charge in [-0.2, -0.15) is 0 Å². The van der Waals surface area contributed by atoms with Gasteiger partial charge in [0, 0.05) is 12.3 Å². The highest BCUT2D eigenvalue weighted by atomic mass is 35.5. The van der Waals surface area contributed by atoms with Crippen LogP contribution >= 0.6 is 11.6 Å². The number of nitrogens with zero attached hydrogens (tertiary/aromatic N) is 2. The maximum absolute atomic E-state index is 5.79. The molecule has 1 atom stereocenters. The van der Waals surface area contributed by atoms with Gasteiger partial charge in [-0.15, -0.1) is 21.8 Å². The molecule has 5 nitrogen and oxygen atoms in total. The summed E-state index contributed by atoms with van der Waals surface area (Å²) >= 11 is 5.63. The van der Waals surface area contributed by atoms with Gasteiger partial charge < -0.3 is 13.9 Å². The summed E-state index contributed by atoms with van der Waals surface area (Å²) in [6.07, 6.45) is 1.14. The fraction of sp³-hybridized carbons (Fsp3) is 0.385. The molecule has 1 aromatic heterocycles. The van der Waals surface area contributed by atoms with E-state index >= 15 is 0 Å². The van der Waals surface area contributed by atoms with Crippen molar-refractivity contribution in [1.29, 1.82) is 0 Å². The molecule has 0 saturated carbocycles. The summed E-state index contributed by atoms with van der Waals surface area (Å²) in [5.41, 5.74) is 0. The predicted octanol–water partition coefficient (Wildman–Crippen LogP) is 2.75. The first-order valence-electron chi connectivity index (χ1n) is 6.13. The Hall–Kier alpha value is -1.75. The van der Waals surface area contributed by atoms with Crippen LogP contribution in [0.15, 0.2) is 28.7 Å². The lowest BCUT2D eigenvalue weighted by molar-refractivity contribution is 0.0703. The molecule has 100 valence electrons. The first-order chi connectivity index (χ1) is 9.36. The van der Waals surface area contributed by atoms with Crippen LogP contribution in [0.2, 0.25) is 0 Å². The summed E-state index contributed by atoms with van der Waals surface area (Å²) in [7, 11) is 0. The zero-order valence-electron chi connectivity index (χ0n) is 10.2. The lowest BCUT2D eigenvalue weighted by Crippen LogP contribution is -2.21. The van der Waals surface area contributed by atoms with Crippen LogP contribution in [-0.4, -0.2) is 22.7 Å². The highest BCUT2D eigenvalue weighted by Gasteiger charge is 2.27. The number of aryl methyl sites for hydroxylation is 1. The Balaban J connectivity index is 1.72. The number of hydrogen-bond donors (Lipinski definition) is 0. The van der Waals surface area contributed by atoms with Gasteiger partial charge in [-0.25, -0.2) is 0 Å². The van der Waals surface area contributed by atoms with Gasteiger partial charge in [-0.3, -0.25) is 0 Å². The second-order valence-corrected chi connectivity index (χ2v) is 4.57. The lowest BCUT2D eigenvalue weighted by Gasteiger charge is -2.23. The predicted molar refractivity (Wildman–Crippen MR) is 68.6 cm³/mol. The second kappa shape index (κ2) is 5.48. The number of rotatable bonds is 4. The standard InChI is InChI=1S/C13H13ClN2O3/c14-7-3-6-12-15-16-13(19-12)11-8-17-9-4-1-2-5-10(9)18-11/h1-2,4-5,11H,3,6-8H2. The third-order valence-corrected chi connectivity index (χ3v) is 3.06. The van der Waals surface area contributed by atoms with Crippen molar-refractivity contribution in [1.82, 2.24) is 10.2 Å². The Morgan fingerprint density at radius 2 is 2.05 bits per heavy atom. The Labute approximate surface area is 115 Å². The molecule has 0 amide bonds. The SMILES string of the molecule is ClCCCc1nnc(C2COc3ccccc3O2)o1. The van der Waals surface area contributed by atoms with Crippen molar-refractivity contribution >= 4 is 11.6 Å². The number of hydrogen-bond acceptors (Lipinski definition) is 5. The molecule has 19 heavy (non-hydrogen) atoms. The molecule has 0 spiro atoms. The number of aromatic nitrogens is 2. The first-order valence-corrected chi connectivity index (χ1v) is 6.67. The van der Waals surface area contributed by atoms with Gasteiger partial charge >= 0.3 is 0 Å². The minimum atomic E-state index is -0.354. The smallest absolute Gasteiger partial charge is 0.260 e. The molecule has 1 aromatic carbocycles. The van der Waals surface area contributed by atoms with Crippen LogP contribution in [0.4, 0.5) is 0 Å². The third-order valence-electron chi connectivity index (χ3n) is 2.79. The average Bonchev–Trinajstić information content (AvgIpc) is 2.93. The van der Waals surface area contributed by atoms with Crippen molar-refractivity contribution in [3.63, 3.8) is 0 Å². The second-order valence-electron chi connectivity index (χ2n) is 4.19. The van der Waals surface area contributed by atoms with Crippen LogP contribution < -0.4 is 9.47 Å². The highest BCUT2D eigenvalue weighted by Crippen LogP contribution is 2.35. The van der Waals surface area contributed by atoms with E-state index in [0.717, 1.165) is 12.2 Å². The van der Waals surface area contributed by atoms with E-state index in [9.17, 15) is 0 Å². The molecule has 6 heteroatoms. The van der Waals surface area contributed by atoms with E-state index in [0.29, 0.717) is 36.4 Å². The van der Waals surface area contributed by atoms with Crippen LogP contribution in [0.25, 0.3) is 0 Å². The lowest BCUT2D eigenvalue weighted by atomic mass is 10.2. The molecule has 0 fully saturated rings. The largest absolute Gasteiger partial charge is 0.485 e. The molecule has 1 aliphatic heterocycles. The van der Waals surface area contributed by atoms with E-state index < -0.39 is 0 Å². The molecule has 0 saturated heterocycles. The summed E-state index contributed by atoms with van der Waals surface area (Å²) in [6.45, 7) is 0.369. The summed E-state index contributed by atoms with van der Waals surface area (Å²) < 4.78 is 16.9. The maximum Gasteiger partial charge on any atom is 0.260 e. The number of fused-ring (bicyclic) bond motifs is 1. The molecular formula is C13H13ClN2O3. The first kappa shape index (κ1) is 12.3. The fourth-order valence-electron chi connectivity index (χ4n) is 1.86. The minimum Gasteiger partial charge on any atom is -0.485 e. The van der Waals surface area contributed by atoms with Crippen LogP contribution in [0.1, 0.15) is 24.3 Å². The highest BCUT2D eigenvalue weighted by molar-refractivity contribution is 6.17. The van der Waals surface area contributed by atoms with Gasteiger partial charge in [0.05, 0.1) is 0 Å². The summed E-state index contributed by atoms with van der Waals surface area (Å²) in [5.74, 6) is 3.03. The average molecular weight is 281 g/mol. The van der Waals surface area contributed by atoms with Crippen molar-refractivity contribution in [3.05, 3.63) is 36.0 Å². The van der Waals surface area contributed by atoms with E-state index in [2.05, 4.69) is 10.2 Å². The van der Waals surface area contributed by atoms with Crippen molar-refractivity contribution in [2.75, 3.05) is 12.5 Å². The number of benzene rings is 1. The Morgan fingerprint density at radius 3 is 2.89 bits per heavy atom. The van der Waals surface area contributed by atoms with Crippen molar-refractivity contribution in [2.45, 2.75) is 18.9 Å². The molecule has 0 bridgehead atoms. The summed E-state index contributed by atoms with van der Waals surface area (Å²) in [6, 6.07) is 7.52. The Kier molecular flexibility index (Phi) is 3.55. The molecule has 2 heterocycles. The summed E-state index contributed by atoms with van der Waals surface area (Å²) in [4.78, 5) is 0. The molecule has 2 aromatic rings. The van der Waals surface area contributed by atoms with E-state index in [1.54, 1.807) is 0 Å². The van der Waals surface area contributed by atoms with Gasteiger partial charge in [0.25, 0.3) is 5.89 Å². The fourth-order valence-corrected chi connectivity index (χ4v) is 1.99. The zero-order valence-corrected chi connectivity index (χ0v) is 11.0. The van der Waals surface area contributed by atoms with Gasteiger partial charge in [0.15, 0.2) is 11.5 Å². The number of para-hydroxylation sites is 2. The minimum absolute atomic E-state index is 0.354. The van der Waals surface area contributed by atoms with Crippen molar-refractivity contribution in [3.8, 4) is 11.5 Å². The zero-order chi connectivity index (χ0) is 13.1. The molecule has 1 unspecified atom stereocenters. The molecule has 3 rings (SSSR count). The van der Waals surface area contributed by atoms with E-state index in [4.69, 9.17) is 25.5 Å². The monoisotopic (exact) mass is 280 g/mol. The number of ether oxygens (including phenoxy) is 2. The van der Waals surface area contributed by atoms with Crippen molar-refractivity contribution in [2.24, 2.45) is 0 Å². The quantitative estimate of drug-likeness (QED) is 0.806. The molecule has 1 aliphatic rings. The topological polar surface area (TPSA) is 57.4 Å². The van der Waals surface area contributed by atoms with Crippen LogP contribution in [-0.2, 0) is 6.42 Å². The normalized spacial score (nSPS) is 17.4. The molecule has 0 radical (unpaired) electrons. The Bertz CT molecular complexity index is 558. The van der Waals surface area contributed by atoms with Crippen molar-refractivity contribution < 1.29 is 13.9 Å². The van der Waals surface area contributed by atoms with Crippen LogP contribution in [0.3, 0.4) is 0 Å². The van der Waals surface area contributed by atoms with Gasteiger partial charge in [-0.1, -0.05) is 12.1 Å². The Morgan fingerprint density at radius 1 is 1.21 bits per heavy atom. The van der Waals surface area contributed by atoms with Gasteiger partial charge in [-0.05, 0) is 18.6 Å². The molecular weight excluding hydrogens is 268 g/mol. The van der Waals surface area contributed by atoms with Gasteiger partial charge in [0.2, 0.25) is 12.0 Å². The van der Waals surface area contributed by atoms with Crippen LogP contribution in [0.5, 0.6) is 11.5 Å². The molecule has 0 N–H and O–H groups in total.